The van der Waals surface area contributed by atoms with E-state index in [-0.39, 0.29) is 0 Å². The minimum Gasteiger partial charge on any atom is -0.233 e. The molecule has 1 radical (unpaired) electrons. The van der Waals surface area contributed by atoms with E-state index < -0.39 is 0 Å². The van der Waals surface area contributed by atoms with E-state index in [4.69, 9.17) is 0 Å². The van der Waals surface area contributed by atoms with Gasteiger partial charge in [0.15, 0.2) is 6.33 Å². The van der Waals surface area contributed by atoms with Crippen molar-refractivity contribution in [3.8, 4) is 22.4 Å². The van der Waals surface area contributed by atoms with Gasteiger partial charge in [-0.3, -0.25) is 0 Å². The predicted octanol–water partition coefficient (Wildman–Crippen LogP) is 3.61. The smallest absolute Gasteiger partial charge is 0.198 e. The zero-order valence-electron chi connectivity index (χ0n) is 9.75. The Bertz CT molecular complexity index is 575. The average Bonchev–Trinajstić information content (AvgIpc) is 2.49. The molecule has 2 aromatic carbocycles. The quantitative estimate of drug-likeness (QED) is 0.673. The Hall–Kier alpha value is -2.48. The minimum absolute atomic E-state index is 0.914. The molecule has 0 aliphatic heterocycles. The summed E-state index contributed by atoms with van der Waals surface area (Å²) in [7, 11) is 0. The highest BCUT2D eigenvalue weighted by molar-refractivity contribution is 5.79. The molecule has 1 heterocycles. The maximum atomic E-state index is 4.29. The molecule has 2 heteroatoms. The molecule has 0 saturated heterocycles. The molecule has 0 spiro atoms. The van der Waals surface area contributed by atoms with Gasteiger partial charge in [-0.1, -0.05) is 60.7 Å². The van der Waals surface area contributed by atoms with Gasteiger partial charge in [-0.25, -0.2) is 9.97 Å². The fourth-order valence-corrected chi connectivity index (χ4v) is 1.94. The summed E-state index contributed by atoms with van der Waals surface area (Å²) in [6.07, 6.45) is 4.48. The van der Waals surface area contributed by atoms with Crippen molar-refractivity contribution >= 4 is 0 Å². The maximum Gasteiger partial charge on any atom is 0.198 e. The summed E-state index contributed by atoms with van der Waals surface area (Å²) < 4.78 is 0. The fraction of sp³-hybridized carbons (Fsp3) is 0. The van der Waals surface area contributed by atoms with Gasteiger partial charge >= 0.3 is 0 Å². The van der Waals surface area contributed by atoms with Gasteiger partial charge in [0.1, 0.15) is 0 Å². The summed E-state index contributed by atoms with van der Waals surface area (Å²) in [5.41, 5.74) is 4.14. The Morgan fingerprint density at radius 2 is 1.33 bits per heavy atom. The van der Waals surface area contributed by atoms with E-state index in [9.17, 15) is 0 Å². The minimum atomic E-state index is 0.914. The monoisotopic (exact) mass is 231 g/mol. The highest BCUT2D eigenvalue weighted by Gasteiger charge is 2.08. The number of aromatic nitrogens is 2. The lowest BCUT2D eigenvalue weighted by atomic mass is 10.0. The first-order valence-electron chi connectivity index (χ1n) is 5.79. The van der Waals surface area contributed by atoms with Gasteiger partial charge in [0, 0.05) is 17.3 Å². The van der Waals surface area contributed by atoms with Crippen LogP contribution in [0.1, 0.15) is 0 Å². The third-order valence-corrected chi connectivity index (χ3v) is 2.80. The lowest BCUT2D eigenvalue weighted by Gasteiger charge is -2.07. The Labute approximate surface area is 106 Å². The summed E-state index contributed by atoms with van der Waals surface area (Å²) in [5, 5.41) is 0. The van der Waals surface area contributed by atoms with Crippen LogP contribution >= 0.6 is 0 Å². The lowest BCUT2D eigenvalue weighted by Crippen LogP contribution is -1.90. The van der Waals surface area contributed by atoms with Gasteiger partial charge in [0.25, 0.3) is 0 Å². The highest BCUT2D eigenvalue weighted by Crippen LogP contribution is 2.28. The average molecular weight is 231 g/mol. The standard InChI is InChI=1S/C16H11N2/c1-3-7-13(8-4-1)15-11-17-12-18-16(15)14-9-5-2-6-10-14/h1-11H. The van der Waals surface area contributed by atoms with Gasteiger partial charge in [0.05, 0.1) is 5.69 Å². The summed E-state index contributed by atoms with van der Waals surface area (Å²) in [6.45, 7) is 0. The molecule has 0 bridgehead atoms. The number of hydrogen-bond acceptors (Lipinski definition) is 2. The molecule has 3 rings (SSSR count). The molecule has 2 nitrogen and oxygen atoms in total. The highest BCUT2D eigenvalue weighted by atomic mass is 14.8. The second-order valence-corrected chi connectivity index (χ2v) is 3.96. The van der Waals surface area contributed by atoms with Crippen molar-refractivity contribution < 1.29 is 0 Å². The van der Waals surface area contributed by atoms with Crippen molar-refractivity contribution in [2.24, 2.45) is 0 Å². The van der Waals surface area contributed by atoms with Crippen LogP contribution in [0, 0.1) is 6.33 Å². The van der Waals surface area contributed by atoms with Crippen molar-refractivity contribution in [2.45, 2.75) is 0 Å². The van der Waals surface area contributed by atoms with E-state index in [0.717, 1.165) is 22.4 Å². The molecule has 0 amide bonds. The first-order valence-corrected chi connectivity index (χ1v) is 5.79. The van der Waals surface area contributed by atoms with Crippen molar-refractivity contribution in [3.63, 3.8) is 0 Å². The number of rotatable bonds is 2. The molecule has 0 aliphatic rings. The maximum absolute atomic E-state index is 4.29. The van der Waals surface area contributed by atoms with E-state index in [1.54, 1.807) is 0 Å². The number of hydrogen-bond donors (Lipinski definition) is 0. The van der Waals surface area contributed by atoms with Crippen molar-refractivity contribution in [1.29, 1.82) is 0 Å². The normalized spacial score (nSPS) is 10.2. The van der Waals surface area contributed by atoms with Crippen molar-refractivity contribution in [3.05, 3.63) is 73.2 Å². The zero-order valence-corrected chi connectivity index (χ0v) is 9.75. The molecule has 0 N–H and O–H groups in total. The summed E-state index contributed by atoms with van der Waals surface area (Å²) in [6, 6.07) is 20.2. The molecule has 0 fully saturated rings. The van der Waals surface area contributed by atoms with Crippen LogP contribution in [-0.2, 0) is 0 Å². The molecular weight excluding hydrogens is 220 g/mol. The third kappa shape index (κ3) is 2.00. The van der Waals surface area contributed by atoms with E-state index in [1.165, 1.54) is 0 Å². The van der Waals surface area contributed by atoms with Crippen LogP contribution < -0.4 is 0 Å². The first-order chi connectivity index (χ1) is 8.95. The number of benzene rings is 2. The van der Waals surface area contributed by atoms with E-state index >= 15 is 0 Å². The van der Waals surface area contributed by atoms with Crippen LogP contribution in [0.5, 0.6) is 0 Å². The van der Waals surface area contributed by atoms with Crippen LogP contribution in [0.25, 0.3) is 22.4 Å². The molecule has 0 atom stereocenters. The summed E-state index contributed by atoms with van der Waals surface area (Å²) in [5.74, 6) is 0. The van der Waals surface area contributed by atoms with Crippen LogP contribution in [0.3, 0.4) is 0 Å². The molecule has 3 aromatic rings. The van der Waals surface area contributed by atoms with Gasteiger partial charge in [0.2, 0.25) is 0 Å². The van der Waals surface area contributed by atoms with E-state index in [1.807, 2.05) is 54.7 Å². The largest absolute Gasteiger partial charge is 0.233 e. The Kier molecular flexibility index (Phi) is 2.84. The topological polar surface area (TPSA) is 25.8 Å². The van der Waals surface area contributed by atoms with Crippen LogP contribution in [-0.4, -0.2) is 9.97 Å². The third-order valence-electron chi connectivity index (χ3n) is 2.80. The van der Waals surface area contributed by atoms with Gasteiger partial charge in [-0.15, -0.1) is 0 Å². The Balaban J connectivity index is 2.18. The molecule has 18 heavy (non-hydrogen) atoms. The second kappa shape index (κ2) is 4.80. The predicted molar refractivity (Wildman–Crippen MR) is 71.7 cm³/mol. The summed E-state index contributed by atoms with van der Waals surface area (Å²) >= 11 is 0. The van der Waals surface area contributed by atoms with Crippen molar-refractivity contribution in [1.82, 2.24) is 9.97 Å². The SMILES string of the molecule is [c]1ncc(-c2ccccc2)c(-c2ccccc2)n1. The van der Waals surface area contributed by atoms with E-state index in [2.05, 4.69) is 28.4 Å². The van der Waals surface area contributed by atoms with Crippen LogP contribution in [0.2, 0.25) is 0 Å². The molecule has 0 saturated carbocycles. The van der Waals surface area contributed by atoms with Gasteiger partial charge in [-0.2, -0.15) is 0 Å². The second-order valence-electron chi connectivity index (χ2n) is 3.96. The Morgan fingerprint density at radius 3 is 2.00 bits per heavy atom. The first kappa shape index (κ1) is 10.7. The van der Waals surface area contributed by atoms with Gasteiger partial charge in [-0.05, 0) is 5.56 Å². The lowest BCUT2D eigenvalue weighted by molar-refractivity contribution is 1.16. The molecule has 1 aromatic heterocycles. The van der Waals surface area contributed by atoms with Crippen LogP contribution in [0.15, 0.2) is 66.9 Å². The van der Waals surface area contributed by atoms with Gasteiger partial charge < -0.3 is 0 Å². The fourth-order valence-electron chi connectivity index (χ4n) is 1.94. The molecule has 85 valence electrons. The number of nitrogens with zero attached hydrogens (tertiary/aromatic N) is 2. The molecule has 0 unspecified atom stereocenters. The summed E-state index contributed by atoms with van der Waals surface area (Å²) in [4.78, 5) is 8.30. The Morgan fingerprint density at radius 1 is 0.722 bits per heavy atom. The molecular formula is C16H11N2. The van der Waals surface area contributed by atoms with E-state index in [0.29, 0.717) is 0 Å². The van der Waals surface area contributed by atoms with Crippen LogP contribution in [0.4, 0.5) is 0 Å². The zero-order chi connectivity index (χ0) is 12.2. The molecule has 0 aliphatic carbocycles. The van der Waals surface area contributed by atoms with Crippen molar-refractivity contribution in [2.75, 3.05) is 0 Å².